The van der Waals surface area contributed by atoms with Crippen LogP contribution in [-0.4, -0.2) is 40.2 Å². The molecule has 2 N–H and O–H groups in total. The van der Waals surface area contributed by atoms with E-state index in [2.05, 4.69) is 10.6 Å². The zero-order valence-electron chi connectivity index (χ0n) is 12.4. The largest absolute Gasteiger partial charge is 0.493 e. The third-order valence-corrected chi connectivity index (χ3v) is 3.14. The smallest absolute Gasteiger partial charge is 0.321 e. The number of benzene rings is 1. The van der Waals surface area contributed by atoms with E-state index in [1.54, 1.807) is 12.1 Å². The van der Waals surface area contributed by atoms with Gasteiger partial charge in [-0.1, -0.05) is 0 Å². The van der Waals surface area contributed by atoms with E-state index in [0.717, 1.165) is 12.8 Å². The summed E-state index contributed by atoms with van der Waals surface area (Å²) in [6.45, 7) is 0.676. The quantitative estimate of drug-likeness (QED) is 0.868. The molecule has 0 spiro atoms. The minimum atomic E-state index is -0.337. The molecule has 2 amide bonds. The number of methoxy groups -OCH3 is 3. The maximum Gasteiger partial charge on any atom is 0.321 e. The first-order valence-corrected chi connectivity index (χ1v) is 6.67. The Kier molecular flexibility index (Phi) is 5.10. The molecule has 0 aliphatic carbocycles. The summed E-state index contributed by atoms with van der Waals surface area (Å²) in [6, 6.07) is 2.99. The lowest BCUT2D eigenvalue weighted by Crippen LogP contribution is -2.37. The van der Waals surface area contributed by atoms with Crippen molar-refractivity contribution >= 4 is 11.7 Å². The van der Waals surface area contributed by atoms with Crippen molar-refractivity contribution in [1.29, 1.82) is 0 Å². The fraction of sp³-hybridized carbons (Fsp3) is 0.500. The highest BCUT2D eigenvalue weighted by Crippen LogP contribution is 2.39. The summed E-state index contributed by atoms with van der Waals surface area (Å²) in [5.74, 6) is 1.43. The Morgan fingerprint density at radius 2 is 1.86 bits per heavy atom. The van der Waals surface area contributed by atoms with Gasteiger partial charge in [0.1, 0.15) is 6.23 Å². The summed E-state index contributed by atoms with van der Waals surface area (Å²) in [4.78, 5) is 11.9. The van der Waals surface area contributed by atoms with Crippen LogP contribution < -0.4 is 24.8 Å². The number of urea groups is 1. The van der Waals surface area contributed by atoms with E-state index >= 15 is 0 Å². The molecular formula is C14H20N2O5. The van der Waals surface area contributed by atoms with E-state index in [1.165, 1.54) is 21.3 Å². The van der Waals surface area contributed by atoms with E-state index in [4.69, 9.17) is 18.9 Å². The number of carbonyl (C=O) groups excluding carboxylic acids is 1. The summed E-state index contributed by atoms with van der Waals surface area (Å²) >= 11 is 0. The fourth-order valence-corrected chi connectivity index (χ4v) is 2.16. The summed E-state index contributed by atoms with van der Waals surface area (Å²) in [5, 5.41) is 5.47. The molecule has 1 saturated heterocycles. The maximum absolute atomic E-state index is 11.9. The normalized spacial score (nSPS) is 17.2. The molecule has 0 saturated carbocycles. The number of hydrogen-bond acceptors (Lipinski definition) is 5. The van der Waals surface area contributed by atoms with Gasteiger partial charge in [0.2, 0.25) is 5.75 Å². The molecular weight excluding hydrogens is 276 g/mol. The Labute approximate surface area is 123 Å². The van der Waals surface area contributed by atoms with E-state index in [-0.39, 0.29) is 12.3 Å². The van der Waals surface area contributed by atoms with Gasteiger partial charge in [-0.2, -0.15) is 0 Å². The van der Waals surface area contributed by atoms with Crippen molar-refractivity contribution in [1.82, 2.24) is 5.32 Å². The van der Waals surface area contributed by atoms with Crippen molar-refractivity contribution in [2.45, 2.75) is 19.1 Å². The number of ether oxygens (including phenoxy) is 4. The van der Waals surface area contributed by atoms with Gasteiger partial charge in [-0.15, -0.1) is 0 Å². The van der Waals surface area contributed by atoms with Gasteiger partial charge in [0, 0.05) is 18.7 Å². The topological polar surface area (TPSA) is 78.1 Å². The predicted molar refractivity (Wildman–Crippen MR) is 77.2 cm³/mol. The second-order valence-electron chi connectivity index (χ2n) is 4.51. The van der Waals surface area contributed by atoms with Crippen LogP contribution in [0.15, 0.2) is 12.1 Å². The molecule has 1 unspecified atom stereocenters. The molecule has 1 aromatic carbocycles. The minimum absolute atomic E-state index is 0.230. The molecule has 1 fully saturated rings. The van der Waals surface area contributed by atoms with Crippen LogP contribution in [0.4, 0.5) is 10.5 Å². The van der Waals surface area contributed by atoms with Crippen LogP contribution in [0.2, 0.25) is 0 Å². The Hall–Kier alpha value is -2.15. The Balaban J connectivity index is 2.09. The molecule has 0 radical (unpaired) electrons. The molecule has 1 atom stereocenters. The molecule has 2 rings (SSSR count). The van der Waals surface area contributed by atoms with Crippen molar-refractivity contribution in [2.24, 2.45) is 0 Å². The van der Waals surface area contributed by atoms with Crippen molar-refractivity contribution < 1.29 is 23.7 Å². The first-order chi connectivity index (χ1) is 10.2. The zero-order valence-corrected chi connectivity index (χ0v) is 12.4. The van der Waals surface area contributed by atoms with Crippen LogP contribution in [0.1, 0.15) is 12.8 Å². The molecule has 1 aromatic rings. The Morgan fingerprint density at radius 3 is 2.33 bits per heavy atom. The molecule has 7 heteroatoms. The Bertz CT molecular complexity index is 475. The van der Waals surface area contributed by atoms with Gasteiger partial charge in [-0.05, 0) is 12.8 Å². The lowest BCUT2D eigenvalue weighted by Gasteiger charge is -2.16. The lowest BCUT2D eigenvalue weighted by atomic mass is 10.2. The highest BCUT2D eigenvalue weighted by Gasteiger charge is 2.19. The summed E-state index contributed by atoms with van der Waals surface area (Å²) in [6.07, 6.45) is 1.55. The fourth-order valence-electron chi connectivity index (χ4n) is 2.16. The second-order valence-corrected chi connectivity index (χ2v) is 4.51. The van der Waals surface area contributed by atoms with Crippen molar-refractivity contribution in [3.8, 4) is 17.2 Å². The molecule has 1 heterocycles. The first-order valence-electron chi connectivity index (χ1n) is 6.67. The minimum Gasteiger partial charge on any atom is -0.493 e. The molecule has 1 aliphatic heterocycles. The highest BCUT2D eigenvalue weighted by atomic mass is 16.5. The third kappa shape index (κ3) is 3.69. The second kappa shape index (κ2) is 7.03. The van der Waals surface area contributed by atoms with Gasteiger partial charge >= 0.3 is 6.03 Å². The number of anilines is 1. The zero-order chi connectivity index (χ0) is 15.2. The number of hydrogen-bond donors (Lipinski definition) is 2. The molecule has 21 heavy (non-hydrogen) atoms. The van der Waals surface area contributed by atoms with E-state index < -0.39 is 0 Å². The van der Waals surface area contributed by atoms with Crippen LogP contribution in [0.25, 0.3) is 0 Å². The number of rotatable bonds is 5. The Morgan fingerprint density at radius 1 is 1.19 bits per heavy atom. The van der Waals surface area contributed by atoms with Crippen LogP contribution >= 0.6 is 0 Å². The summed E-state index contributed by atoms with van der Waals surface area (Å²) in [5.41, 5.74) is 0.542. The van der Waals surface area contributed by atoms with Crippen LogP contribution in [0, 0.1) is 0 Å². The van der Waals surface area contributed by atoms with Crippen molar-refractivity contribution in [3.63, 3.8) is 0 Å². The van der Waals surface area contributed by atoms with E-state index in [0.29, 0.717) is 29.5 Å². The number of carbonyl (C=O) groups is 1. The SMILES string of the molecule is COc1cc(NC(=O)NC2CCCO2)cc(OC)c1OC. The summed E-state index contributed by atoms with van der Waals surface area (Å²) in [7, 11) is 4.57. The van der Waals surface area contributed by atoms with Gasteiger partial charge < -0.3 is 29.6 Å². The van der Waals surface area contributed by atoms with E-state index in [1.807, 2.05) is 0 Å². The molecule has 116 valence electrons. The maximum atomic E-state index is 11.9. The van der Waals surface area contributed by atoms with Crippen LogP contribution in [0.5, 0.6) is 17.2 Å². The monoisotopic (exact) mass is 296 g/mol. The predicted octanol–water partition coefficient (Wildman–Crippen LogP) is 1.97. The average molecular weight is 296 g/mol. The highest BCUT2D eigenvalue weighted by molar-refractivity contribution is 5.90. The molecule has 1 aliphatic rings. The number of nitrogens with one attached hydrogen (secondary N) is 2. The molecule has 0 aromatic heterocycles. The van der Waals surface area contributed by atoms with Gasteiger partial charge in [0.15, 0.2) is 11.5 Å². The van der Waals surface area contributed by atoms with Gasteiger partial charge in [0.05, 0.1) is 27.0 Å². The van der Waals surface area contributed by atoms with Gasteiger partial charge in [-0.3, -0.25) is 0 Å². The van der Waals surface area contributed by atoms with Gasteiger partial charge in [-0.25, -0.2) is 4.79 Å². The summed E-state index contributed by atoms with van der Waals surface area (Å²) < 4.78 is 21.0. The first kappa shape index (κ1) is 15.2. The number of amides is 2. The van der Waals surface area contributed by atoms with Crippen molar-refractivity contribution in [3.05, 3.63) is 12.1 Å². The van der Waals surface area contributed by atoms with Crippen molar-refractivity contribution in [2.75, 3.05) is 33.3 Å². The van der Waals surface area contributed by atoms with Crippen LogP contribution in [-0.2, 0) is 4.74 Å². The third-order valence-electron chi connectivity index (χ3n) is 3.14. The van der Waals surface area contributed by atoms with Crippen LogP contribution in [0.3, 0.4) is 0 Å². The van der Waals surface area contributed by atoms with Gasteiger partial charge in [0.25, 0.3) is 0 Å². The standard InChI is InChI=1S/C14H20N2O5/c1-18-10-7-9(8-11(19-2)13(10)20-3)15-14(17)16-12-5-4-6-21-12/h7-8,12H,4-6H2,1-3H3,(H2,15,16,17). The molecule has 7 nitrogen and oxygen atoms in total. The lowest BCUT2D eigenvalue weighted by molar-refractivity contribution is 0.0928. The average Bonchev–Trinajstić information content (AvgIpc) is 2.98. The molecule has 0 bridgehead atoms. The van der Waals surface area contributed by atoms with E-state index in [9.17, 15) is 4.79 Å².